The summed E-state index contributed by atoms with van der Waals surface area (Å²) in [6, 6.07) is 0.895. The van der Waals surface area contributed by atoms with E-state index in [-0.39, 0.29) is 0 Å². The number of hydrogen-bond acceptors (Lipinski definition) is 0. The van der Waals surface area contributed by atoms with Crippen molar-refractivity contribution >= 4 is 28.9 Å². The van der Waals surface area contributed by atoms with E-state index in [1.165, 1.54) is 0 Å². The standard InChI is InChI=1S/C6H12Cl2Si/c1-3-5-6-9(7,8)4-2/h5-6H,3-4H2,1-2H3/b6-5+. The van der Waals surface area contributed by atoms with Crippen molar-refractivity contribution in [2.75, 3.05) is 0 Å². The Balaban J connectivity index is 3.70. The van der Waals surface area contributed by atoms with Crippen molar-refractivity contribution in [2.24, 2.45) is 0 Å². The SMILES string of the molecule is CC/C=C/[Si](Cl)(Cl)CC. The number of rotatable bonds is 3. The van der Waals surface area contributed by atoms with Crippen LogP contribution >= 0.6 is 22.2 Å². The lowest BCUT2D eigenvalue weighted by atomic mass is 10.5. The second-order valence-electron chi connectivity index (χ2n) is 1.93. The third kappa shape index (κ3) is 5.01. The molecule has 0 heterocycles. The molecule has 0 aromatic carbocycles. The van der Waals surface area contributed by atoms with Crippen LogP contribution < -0.4 is 0 Å². The van der Waals surface area contributed by atoms with Gasteiger partial charge in [-0.3, -0.25) is 0 Å². The van der Waals surface area contributed by atoms with Gasteiger partial charge in [-0.05, 0) is 12.5 Å². The fourth-order valence-corrected chi connectivity index (χ4v) is 1.76. The lowest BCUT2D eigenvalue weighted by Crippen LogP contribution is -2.12. The highest BCUT2D eigenvalue weighted by molar-refractivity contribution is 7.47. The second kappa shape index (κ2) is 4.37. The van der Waals surface area contributed by atoms with Gasteiger partial charge >= 0.3 is 0 Å². The number of halogens is 2. The van der Waals surface area contributed by atoms with Crippen LogP contribution in [0, 0.1) is 0 Å². The lowest BCUT2D eigenvalue weighted by Gasteiger charge is -2.05. The van der Waals surface area contributed by atoms with Crippen LogP contribution in [-0.2, 0) is 0 Å². The zero-order valence-corrected chi connectivity index (χ0v) is 8.34. The Morgan fingerprint density at radius 2 is 1.89 bits per heavy atom. The molecule has 0 nitrogen and oxygen atoms in total. The maximum atomic E-state index is 5.92. The van der Waals surface area contributed by atoms with Gasteiger partial charge in [-0.25, -0.2) is 0 Å². The van der Waals surface area contributed by atoms with E-state index < -0.39 is 6.69 Å². The van der Waals surface area contributed by atoms with Gasteiger partial charge in [0.05, 0.1) is 0 Å². The third-order valence-electron chi connectivity index (χ3n) is 1.07. The van der Waals surface area contributed by atoms with Crippen molar-refractivity contribution in [3.63, 3.8) is 0 Å². The first-order valence-corrected chi connectivity index (χ1v) is 7.48. The molecule has 9 heavy (non-hydrogen) atoms. The quantitative estimate of drug-likeness (QED) is 0.464. The molecule has 54 valence electrons. The first-order valence-electron chi connectivity index (χ1n) is 3.18. The van der Waals surface area contributed by atoms with Crippen LogP contribution in [0.15, 0.2) is 11.8 Å². The fourth-order valence-electron chi connectivity index (χ4n) is 0.408. The van der Waals surface area contributed by atoms with Crippen LogP contribution in [0.25, 0.3) is 0 Å². The normalized spacial score (nSPS) is 12.9. The van der Waals surface area contributed by atoms with Gasteiger partial charge in [0.15, 0.2) is 0 Å². The van der Waals surface area contributed by atoms with Gasteiger partial charge in [0.1, 0.15) is 0 Å². The van der Waals surface area contributed by atoms with Gasteiger partial charge in [0.25, 0.3) is 6.69 Å². The predicted octanol–water partition coefficient (Wildman–Crippen LogP) is 3.43. The molecule has 0 bridgehead atoms. The molecule has 0 aromatic heterocycles. The molecule has 0 spiro atoms. The van der Waals surface area contributed by atoms with Crippen LogP contribution in [-0.4, -0.2) is 6.69 Å². The second-order valence-corrected chi connectivity index (χ2v) is 9.11. The molecule has 0 N–H and O–H groups in total. The minimum atomic E-state index is -1.93. The molecule has 0 aliphatic rings. The summed E-state index contributed by atoms with van der Waals surface area (Å²) in [6.07, 6.45) is 3.06. The summed E-state index contributed by atoms with van der Waals surface area (Å²) in [6.45, 7) is 2.16. The molecular weight excluding hydrogens is 171 g/mol. The molecule has 0 amide bonds. The molecule has 0 aromatic rings. The average Bonchev–Trinajstić information content (AvgIpc) is 1.84. The Morgan fingerprint density at radius 1 is 1.33 bits per heavy atom. The van der Waals surface area contributed by atoms with Gasteiger partial charge in [-0.2, -0.15) is 0 Å². The highest BCUT2D eigenvalue weighted by atomic mass is 35.7. The summed E-state index contributed by atoms with van der Waals surface area (Å²) in [4.78, 5) is 0. The summed E-state index contributed by atoms with van der Waals surface area (Å²) in [5.74, 6) is 0. The maximum Gasteiger partial charge on any atom is 0.273 e. The summed E-state index contributed by atoms with van der Waals surface area (Å²) in [5, 5.41) is 0. The predicted molar refractivity (Wildman–Crippen MR) is 47.4 cm³/mol. The van der Waals surface area contributed by atoms with Gasteiger partial charge in [0, 0.05) is 0 Å². The molecule has 0 aliphatic heterocycles. The van der Waals surface area contributed by atoms with Crippen LogP contribution in [0.1, 0.15) is 20.3 Å². The van der Waals surface area contributed by atoms with E-state index in [2.05, 4.69) is 6.92 Å². The Labute approximate surface area is 67.3 Å². The lowest BCUT2D eigenvalue weighted by molar-refractivity contribution is 1.23. The largest absolute Gasteiger partial charge is 0.273 e. The van der Waals surface area contributed by atoms with Gasteiger partial charge < -0.3 is 0 Å². The molecule has 0 aliphatic carbocycles. The maximum absolute atomic E-state index is 5.92. The Hall–Kier alpha value is 0.537. The van der Waals surface area contributed by atoms with E-state index in [4.69, 9.17) is 22.2 Å². The highest BCUT2D eigenvalue weighted by Gasteiger charge is 2.20. The van der Waals surface area contributed by atoms with Gasteiger partial charge in [-0.1, -0.05) is 25.6 Å². The van der Waals surface area contributed by atoms with Crippen molar-refractivity contribution < 1.29 is 0 Å². The van der Waals surface area contributed by atoms with Crippen LogP contribution in [0.5, 0.6) is 0 Å². The third-order valence-corrected chi connectivity index (χ3v) is 5.09. The van der Waals surface area contributed by atoms with E-state index in [1.807, 2.05) is 18.7 Å². The van der Waals surface area contributed by atoms with Crippen LogP contribution in [0.3, 0.4) is 0 Å². The minimum Gasteiger partial charge on any atom is -0.140 e. The molecular formula is C6H12Cl2Si. The number of hydrogen-bond donors (Lipinski definition) is 0. The van der Waals surface area contributed by atoms with E-state index in [1.54, 1.807) is 0 Å². The number of allylic oxidation sites excluding steroid dienone is 1. The molecule has 0 unspecified atom stereocenters. The molecule has 0 saturated carbocycles. The van der Waals surface area contributed by atoms with Crippen LogP contribution in [0.2, 0.25) is 6.04 Å². The first-order chi connectivity index (χ1) is 4.12. The van der Waals surface area contributed by atoms with Crippen molar-refractivity contribution in [3.05, 3.63) is 11.8 Å². The summed E-state index contributed by atoms with van der Waals surface area (Å²) in [5.41, 5.74) is 1.97. The highest BCUT2D eigenvalue weighted by Crippen LogP contribution is 2.20. The van der Waals surface area contributed by atoms with E-state index >= 15 is 0 Å². The fraction of sp³-hybridized carbons (Fsp3) is 0.667. The Kier molecular flexibility index (Phi) is 4.63. The monoisotopic (exact) mass is 182 g/mol. The molecule has 3 heteroatoms. The Bertz CT molecular complexity index is 99.2. The molecule has 0 fully saturated rings. The van der Waals surface area contributed by atoms with Crippen molar-refractivity contribution in [1.29, 1.82) is 0 Å². The van der Waals surface area contributed by atoms with Gasteiger partial charge in [0.2, 0.25) is 0 Å². The zero-order chi connectivity index (χ0) is 7.33. The molecule has 0 atom stereocenters. The van der Waals surface area contributed by atoms with E-state index in [0.29, 0.717) is 0 Å². The zero-order valence-electron chi connectivity index (χ0n) is 5.82. The van der Waals surface area contributed by atoms with E-state index in [9.17, 15) is 0 Å². The minimum absolute atomic E-state index is 0.895. The summed E-state index contributed by atoms with van der Waals surface area (Å²) in [7, 11) is 0. The van der Waals surface area contributed by atoms with E-state index in [0.717, 1.165) is 12.5 Å². The average molecular weight is 183 g/mol. The van der Waals surface area contributed by atoms with Crippen molar-refractivity contribution in [1.82, 2.24) is 0 Å². The molecule has 0 rings (SSSR count). The van der Waals surface area contributed by atoms with Gasteiger partial charge in [-0.15, -0.1) is 22.2 Å². The summed E-state index contributed by atoms with van der Waals surface area (Å²) < 4.78 is 0. The van der Waals surface area contributed by atoms with Crippen LogP contribution in [0.4, 0.5) is 0 Å². The van der Waals surface area contributed by atoms with Crippen molar-refractivity contribution in [2.45, 2.75) is 26.3 Å². The molecule has 0 radical (unpaired) electrons. The topological polar surface area (TPSA) is 0 Å². The summed E-state index contributed by atoms with van der Waals surface area (Å²) >= 11 is 11.8. The smallest absolute Gasteiger partial charge is 0.140 e. The molecule has 0 saturated heterocycles. The van der Waals surface area contributed by atoms with Crippen molar-refractivity contribution in [3.8, 4) is 0 Å². The first kappa shape index (κ1) is 9.54. The Morgan fingerprint density at radius 3 is 2.22 bits per heavy atom.